The number of carbonyl (C=O) groups is 2. The third-order valence-electron chi connectivity index (χ3n) is 3.62. The Morgan fingerprint density at radius 1 is 1.14 bits per heavy atom. The smallest absolute Gasteiger partial charge is 0.244 e. The lowest BCUT2D eigenvalue weighted by Crippen LogP contribution is -2.42. The van der Waals surface area contributed by atoms with Gasteiger partial charge in [0, 0.05) is 20.1 Å². The van der Waals surface area contributed by atoms with Crippen LogP contribution in [0.25, 0.3) is 11.0 Å². The second-order valence-corrected chi connectivity index (χ2v) is 5.05. The van der Waals surface area contributed by atoms with Crippen LogP contribution in [0.4, 0.5) is 0 Å². The maximum Gasteiger partial charge on any atom is 0.244 e. The Hall–Kier alpha value is -2.44. The van der Waals surface area contributed by atoms with E-state index in [4.69, 9.17) is 0 Å². The minimum atomic E-state index is -0.170. The molecule has 118 valence electrons. The first-order chi connectivity index (χ1) is 10.6. The summed E-state index contributed by atoms with van der Waals surface area (Å²) in [6.07, 6.45) is 0. The minimum absolute atomic E-state index is 0.0516. The van der Waals surface area contributed by atoms with Crippen LogP contribution >= 0.6 is 0 Å². The zero-order chi connectivity index (χ0) is 16.1. The molecule has 2 rings (SSSR count). The molecule has 1 heterocycles. The van der Waals surface area contributed by atoms with Crippen molar-refractivity contribution in [3.8, 4) is 0 Å². The van der Waals surface area contributed by atoms with Crippen LogP contribution < -0.4 is 0 Å². The number of likely N-dealkylation sites (N-methyl/N-ethyl adjacent to an activating group) is 2. The van der Waals surface area contributed by atoms with Gasteiger partial charge < -0.3 is 9.80 Å². The number of rotatable bonds is 6. The van der Waals surface area contributed by atoms with E-state index in [2.05, 4.69) is 10.3 Å². The van der Waals surface area contributed by atoms with Gasteiger partial charge in [0.05, 0.1) is 12.1 Å². The van der Waals surface area contributed by atoms with E-state index in [0.29, 0.717) is 13.1 Å². The average molecular weight is 303 g/mol. The molecule has 0 N–H and O–H groups in total. The van der Waals surface area contributed by atoms with Crippen molar-refractivity contribution in [2.24, 2.45) is 0 Å². The van der Waals surface area contributed by atoms with Crippen molar-refractivity contribution < 1.29 is 9.59 Å². The number of carbonyl (C=O) groups excluding carboxylic acids is 2. The van der Waals surface area contributed by atoms with Crippen LogP contribution in [0.3, 0.4) is 0 Å². The lowest BCUT2D eigenvalue weighted by molar-refractivity contribution is -0.139. The highest BCUT2D eigenvalue weighted by Gasteiger charge is 2.17. The van der Waals surface area contributed by atoms with E-state index in [1.807, 2.05) is 38.1 Å². The number of hydrogen-bond acceptors (Lipinski definition) is 4. The molecule has 7 heteroatoms. The number of hydrogen-bond donors (Lipinski definition) is 0. The topological polar surface area (TPSA) is 71.3 Å². The summed E-state index contributed by atoms with van der Waals surface area (Å²) in [7, 11) is 1.63. The second-order valence-electron chi connectivity index (χ2n) is 5.05. The van der Waals surface area contributed by atoms with E-state index in [9.17, 15) is 9.59 Å². The molecule has 1 aromatic carbocycles. The lowest BCUT2D eigenvalue weighted by atomic mass is 10.3. The maximum absolute atomic E-state index is 12.3. The van der Waals surface area contributed by atoms with Gasteiger partial charge in [0.15, 0.2) is 0 Å². The number of nitrogens with zero attached hydrogens (tertiary/aromatic N) is 5. The molecule has 0 unspecified atom stereocenters. The van der Waals surface area contributed by atoms with Crippen LogP contribution in [-0.2, 0) is 16.1 Å². The Balaban J connectivity index is 2.01. The van der Waals surface area contributed by atoms with Gasteiger partial charge in [-0.05, 0) is 26.0 Å². The van der Waals surface area contributed by atoms with E-state index in [-0.39, 0.29) is 24.9 Å². The fraction of sp³-hybridized carbons (Fsp3) is 0.467. The van der Waals surface area contributed by atoms with Gasteiger partial charge in [-0.1, -0.05) is 17.3 Å². The molecule has 0 fully saturated rings. The SMILES string of the molecule is CCN(CC)C(=O)CN(C)C(=O)Cn1nnc2ccccc21. The lowest BCUT2D eigenvalue weighted by Gasteiger charge is -2.23. The van der Waals surface area contributed by atoms with Crippen molar-refractivity contribution in [3.63, 3.8) is 0 Å². The summed E-state index contributed by atoms with van der Waals surface area (Å²) in [6, 6.07) is 7.46. The Bertz CT molecular complexity index is 663. The predicted octanol–water partition coefficient (Wildman–Crippen LogP) is 0.758. The fourth-order valence-electron chi connectivity index (χ4n) is 2.25. The Morgan fingerprint density at radius 2 is 1.82 bits per heavy atom. The summed E-state index contributed by atoms with van der Waals surface area (Å²) in [5.41, 5.74) is 1.55. The maximum atomic E-state index is 12.3. The molecule has 0 aliphatic heterocycles. The van der Waals surface area contributed by atoms with E-state index in [1.54, 1.807) is 16.6 Å². The van der Waals surface area contributed by atoms with Gasteiger partial charge in [-0.15, -0.1) is 5.10 Å². The monoisotopic (exact) mass is 303 g/mol. The molecule has 0 atom stereocenters. The van der Waals surface area contributed by atoms with Gasteiger partial charge in [0.2, 0.25) is 11.8 Å². The predicted molar refractivity (Wildman–Crippen MR) is 83.1 cm³/mol. The van der Waals surface area contributed by atoms with Crippen molar-refractivity contribution in [1.82, 2.24) is 24.8 Å². The summed E-state index contributed by atoms with van der Waals surface area (Å²) in [4.78, 5) is 27.4. The summed E-state index contributed by atoms with van der Waals surface area (Å²) in [6.45, 7) is 5.28. The first-order valence-electron chi connectivity index (χ1n) is 7.36. The van der Waals surface area contributed by atoms with E-state index < -0.39 is 0 Å². The van der Waals surface area contributed by atoms with Crippen LogP contribution in [0, 0.1) is 0 Å². The van der Waals surface area contributed by atoms with Gasteiger partial charge in [-0.2, -0.15) is 0 Å². The van der Waals surface area contributed by atoms with Gasteiger partial charge in [-0.3, -0.25) is 9.59 Å². The number of benzene rings is 1. The highest BCUT2D eigenvalue weighted by atomic mass is 16.2. The van der Waals surface area contributed by atoms with Gasteiger partial charge in [0.1, 0.15) is 12.1 Å². The van der Waals surface area contributed by atoms with Crippen LogP contribution in [0.5, 0.6) is 0 Å². The first-order valence-corrected chi connectivity index (χ1v) is 7.36. The van der Waals surface area contributed by atoms with Gasteiger partial charge in [-0.25, -0.2) is 4.68 Å². The fourth-order valence-corrected chi connectivity index (χ4v) is 2.25. The van der Waals surface area contributed by atoms with Crippen LogP contribution in [0.15, 0.2) is 24.3 Å². The van der Waals surface area contributed by atoms with Crippen molar-refractivity contribution in [2.75, 3.05) is 26.7 Å². The number of aromatic nitrogens is 3. The number of amides is 2. The molecule has 0 saturated carbocycles. The zero-order valence-electron chi connectivity index (χ0n) is 13.2. The van der Waals surface area contributed by atoms with Crippen LogP contribution in [0.1, 0.15) is 13.8 Å². The summed E-state index contributed by atoms with van der Waals surface area (Å²) in [5, 5.41) is 8.00. The Kier molecular flexibility index (Phi) is 5.08. The molecular weight excluding hydrogens is 282 g/mol. The Labute approximate surface area is 129 Å². The average Bonchev–Trinajstić information content (AvgIpc) is 2.91. The molecule has 7 nitrogen and oxygen atoms in total. The molecule has 2 aromatic rings. The largest absolute Gasteiger partial charge is 0.342 e. The summed E-state index contributed by atoms with van der Waals surface area (Å²) >= 11 is 0. The van der Waals surface area contributed by atoms with Crippen molar-refractivity contribution in [3.05, 3.63) is 24.3 Å². The summed E-state index contributed by atoms with van der Waals surface area (Å²) < 4.78 is 1.55. The van der Waals surface area contributed by atoms with Crippen molar-refractivity contribution in [2.45, 2.75) is 20.4 Å². The van der Waals surface area contributed by atoms with E-state index in [0.717, 1.165) is 11.0 Å². The van der Waals surface area contributed by atoms with Crippen molar-refractivity contribution in [1.29, 1.82) is 0 Å². The molecule has 22 heavy (non-hydrogen) atoms. The standard InChI is InChI=1S/C15H21N5O2/c1-4-19(5-2)15(22)10-18(3)14(21)11-20-13-9-7-6-8-12(13)16-17-20/h6-9H,4-5,10-11H2,1-3H3. The molecule has 0 aliphatic carbocycles. The molecule has 0 aliphatic rings. The molecule has 0 bridgehead atoms. The van der Waals surface area contributed by atoms with Gasteiger partial charge in [0.25, 0.3) is 0 Å². The molecule has 2 amide bonds. The zero-order valence-corrected chi connectivity index (χ0v) is 13.2. The molecular formula is C15H21N5O2. The van der Waals surface area contributed by atoms with Gasteiger partial charge >= 0.3 is 0 Å². The van der Waals surface area contributed by atoms with Crippen molar-refractivity contribution >= 4 is 22.8 Å². The number of fused-ring (bicyclic) bond motifs is 1. The van der Waals surface area contributed by atoms with Crippen LogP contribution in [-0.4, -0.2) is 63.3 Å². The Morgan fingerprint density at radius 3 is 2.50 bits per heavy atom. The highest BCUT2D eigenvalue weighted by Crippen LogP contribution is 2.09. The molecule has 0 spiro atoms. The number of para-hydroxylation sites is 1. The first kappa shape index (κ1) is 15.9. The quantitative estimate of drug-likeness (QED) is 0.790. The third-order valence-corrected chi connectivity index (χ3v) is 3.62. The van der Waals surface area contributed by atoms with E-state index in [1.165, 1.54) is 4.90 Å². The second kappa shape index (κ2) is 7.02. The van der Waals surface area contributed by atoms with Crippen LogP contribution in [0.2, 0.25) is 0 Å². The molecule has 0 radical (unpaired) electrons. The molecule has 1 aromatic heterocycles. The third kappa shape index (κ3) is 3.41. The highest BCUT2D eigenvalue weighted by molar-refractivity contribution is 5.85. The molecule has 0 saturated heterocycles. The van der Waals surface area contributed by atoms with E-state index >= 15 is 0 Å². The minimum Gasteiger partial charge on any atom is -0.342 e. The summed E-state index contributed by atoms with van der Waals surface area (Å²) in [5.74, 6) is -0.222. The normalized spacial score (nSPS) is 10.7.